The lowest BCUT2D eigenvalue weighted by molar-refractivity contribution is -0.160. The number of aromatic nitrogens is 1. The third-order valence-corrected chi connectivity index (χ3v) is 6.75. The van der Waals surface area contributed by atoms with E-state index in [4.69, 9.17) is 10.6 Å². The topological polar surface area (TPSA) is 147 Å². The Balaban J connectivity index is 1.77. The second kappa shape index (κ2) is 7.82. The number of carbonyl (C=O) groups excluding carboxylic acids is 2. The van der Waals surface area contributed by atoms with Crippen LogP contribution in [-0.4, -0.2) is 67.3 Å². The van der Waals surface area contributed by atoms with Gasteiger partial charge in [-0.1, -0.05) is 19.0 Å². The number of nitrogens with zero attached hydrogens (tertiary/aromatic N) is 3. The smallest absolute Gasteiger partial charge is 0.327 e. The predicted octanol–water partition coefficient (Wildman–Crippen LogP) is 0.734. The second-order valence-corrected chi connectivity index (χ2v) is 10.4. The molecule has 0 aromatic carbocycles. The summed E-state index contributed by atoms with van der Waals surface area (Å²) in [6.45, 7) is 7.72. The number of hydrogen-bond donors (Lipinski definition) is 3. The molecule has 0 bridgehead atoms. The van der Waals surface area contributed by atoms with Gasteiger partial charge in [0, 0.05) is 10.1 Å². The number of nitrogens with two attached hydrogens (primary N) is 1. The Morgan fingerprint density at radius 3 is 2.72 bits per heavy atom. The van der Waals surface area contributed by atoms with E-state index in [0.29, 0.717) is 6.61 Å². The van der Waals surface area contributed by atoms with Crippen molar-refractivity contribution in [3.63, 3.8) is 0 Å². The third-order valence-electron chi connectivity index (χ3n) is 4.50. The summed E-state index contributed by atoms with van der Waals surface area (Å²) < 4.78 is -0.674. The molecule has 0 unspecified atom stereocenters. The molecular weight excluding hydrogens is 418 g/mol. The second-order valence-electron chi connectivity index (χ2n) is 7.75. The number of β-lactam (4-membered cyclic amide) rings is 1. The van der Waals surface area contributed by atoms with Gasteiger partial charge in [-0.05, 0) is 19.8 Å². The molecule has 3 rings (SSSR count). The fourth-order valence-corrected chi connectivity index (χ4v) is 5.38. The molecular formula is C17H23N5O5S2. The molecule has 12 heteroatoms. The number of oxime groups is 1. The maximum absolute atomic E-state index is 12.8. The number of carboxylic acids is 1. The van der Waals surface area contributed by atoms with Crippen molar-refractivity contribution < 1.29 is 24.3 Å². The van der Waals surface area contributed by atoms with Crippen LogP contribution in [0.3, 0.4) is 0 Å². The zero-order valence-electron chi connectivity index (χ0n) is 16.4. The minimum Gasteiger partial charge on any atom is -0.480 e. The number of thiazole rings is 1. The summed E-state index contributed by atoms with van der Waals surface area (Å²) >= 11 is 2.50. The lowest BCUT2D eigenvalue weighted by atomic mass is 9.96. The van der Waals surface area contributed by atoms with Gasteiger partial charge in [-0.25, -0.2) is 9.78 Å². The van der Waals surface area contributed by atoms with Gasteiger partial charge in [-0.3, -0.25) is 9.59 Å². The number of anilines is 1. The van der Waals surface area contributed by atoms with Crippen LogP contribution in [0.4, 0.5) is 5.13 Å². The first kappa shape index (κ1) is 21.4. The molecule has 0 spiro atoms. The molecule has 0 saturated carbocycles. The Hall–Kier alpha value is -2.34. The summed E-state index contributed by atoms with van der Waals surface area (Å²) in [7, 11) is 0. The van der Waals surface area contributed by atoms with E-state index in [-0.39, 0.29) is 22.5 Å². The number of rotatable bonds is 7. The van der Waals surface area contributed by atoms with Crippen molar-refractivity contribution in [2.24, 2.45) is 11.1 Å². The highest BCUT2D eigenvalue weighted by atomic mass is 32.2. The van der Waals surface area contributed by atoms with Gasteiger partial charge >= 0.3 is 5.97 Å². The standard InChI is InChI=1S/C17H23N5O5S2/c1-7(2)5-27-21-9(8-6-28-16(18)19-8)12(23)20-10-13(24)22-11(15(25)26)17(3,4)29-14(10)22/h6-7,10-11,14H,5H2,1-4H3,(H2,18,19)(H,20,23)(H,25,26)/b21-9-/t10-,11-,14+/m0/s1. The van der Waals surface area contributed by atoms with Crippen LogP contribution in [0.2, 0.25) is 0 Å². The van der Waals surface area contributed by atoms with Crippen molar-refractivity contribution in [3.05, 3.63) is 11.1 Å². The monoisotopic (exact) mass is 441 g/mol. The molecule has 3 atom stereocenters. The van der Waals surface area contributed by atoms with E-state index >= 15 is 0 Å². The zero-order chi connectivity index (χ0) is 21.5. The fourth-order valence-electron chi connectivity index (χ4n) is 3.21. The summed E-state index contributed by atoms with van der Waals surface area (Å²) in [6.07, 6.45) is 0. The molecule has 29 heavy (non-hydrogen) atoms. The van der Waals surface area contributed by atoms with Crippen molar-refractivity contribution in [2.75, 3.05) is 12.3 Å². The van der Waals surface area contributed by atoms with Crippen molar-refractivity contribution >= 4 is 51.7 Å². The van der Waals surface area contributed by atoms with E-state index in [1.165, 1.54) is 16.7 Å². The average molecular weight is 442 g/mol. The number of thioether (sulfide) groups is 1. The van der Waals surface area contributed by atoms with Crippen LogP contribution in [0.25, 0.3) is 0 Å². The van der Waals surface area contributed by atoms with Crippen LogP contribution in [0, 0.1) is 5.92 Å². The van der Waals surface area contributed by atoms with Crippen molar-refractivity contribution in [3.8, 4) is 0 Å². The highest BCUT2D eigenvalue weighted by Gasteiger charge is 2.64. The molecule has 0 radical (unpaired) electrons. The third kappa shape index (κ3) is 4.04. The number of nitrogens with one attached hydrogen (secondary N) is 1. The minimum absolute atomic E-state index is 0.0816. The van der Waals surface area contributed by atoms with E-state index in [0.717, 1.165) is 11.3 Å². The Morgan fingerprint density at radius 2 is 2.17 bits per heavy atom. The number of carboxylic acid groups (broad SMARTS) is 1. The highest BCUT2D eigenvalue weighted by Crippen LogP contribution is 2.50. The summed E-state index contributed by atoms with van der Waals surface area (Å²) in [5, 5.41) is 17.4. The van der Waals surface area contributed by atoms with Crippen LogP contribution in [0.15, 0.2) is 10.5 Å². The summed E-state index contributed by atoms with van der Waals surface area (Å²) in [5.74, 6) is -1.93. The molecule has 0 aliphatic carbocycles. The molecule has 2 aliphatic rings. The van der Waals surface area contributed by atoms with Gasteiger partial charge in [0.15, 0.2) is 10.8 Å². The minimum atomic E-state index is -1.06. The number of fused-ring (bicyclic) bond motifs is 1. The molecule has 2 aliphatic heterocycles. The highest BCUT2D eigenvalue weighted by molar-refractivity contribution is 8.01. The lowest BCUT2D eigenvalue weighted by Crippen LogP contribution is -2.71. The SMILES string of the molecule is CC(C)CO/N=C(\C(=O)N[C@H]1C(=O)N2[C@@H]1SC(C)(C)[C@@H]2C(=O)O)c1csc(N)n1. The first-order valence-corrected chi connectivity index (χ1v) is 10.7. The van der Waals surface area contributed by atoms with Crippen LogP contribution < -0.4 is 11.1 Å². The van der Waals surface area contributed by atoms with Gasteiger partial charge in [-0.2, -0.15) is 0 Å². The summed E-state index contributed by atoms with van der Waals surface area (Å²) in [6, 6.07) is -1.79. The molecule has 2 amide bonds. The maximum atomic E-state index is 12.8. The largest absolute Gasteiger partial charge is 0.480 e. The average Bonchev–Trinajstić information content (AvgIpc) is 3.15. The maximum Gasteiger partial charge on any atom is 0.327 e. The molecule has 4 N–H and O–H groups in total. The molecule has 10 nitrogen and oxygen atoms in total. The first-order valence-electron chi connectivity index (χ1n) is 8.98. The Kier molecular flexibility index (Phi) is 5.77. The number of nitrogen functional groups attached to an aromatic ring is 1. The number of carbonyl (C=O) groups is 3. The Labute approximate surface area is 175 Å². The van der Waals surface area contributed by atoms with E-state index in [2.05, 4.69) is 15.5 Å². The number of amides is 2. The lowest BCUT2D eigenvalue weighted by Gasteiger charge is -2.43. The van der Waals surface area contributed by atoms with Crippen LogP contribution in [-0.2, 0) is 19.2 Å². The first-order chi connectivity index (χ1) is 13.5. The molecule has 1 aromatic heterocycles. The predicted molar refractivity (Wildman–Crippen MR) is 110 cm³/mol. The van der Waals surface area contributed by atoms with E-state index in [1.807, 2.05) is 13.8 Å². The fraction of sp³-hybridized carbons (Fsp3) is 0.588. The van der Waals surface area contributed by atoms with Gasteiger partial charge in [-0.15, -0.1) is 23.1 Å². The van der Waals surface area contributed by atoms with Gasteiger partial charge in [0.1, 0.15) is 29.8 Å². The molecule has 1 aromatic rings. The van der Waals surface area contributed by atoms with Crippen LogP contribution in [0.5, 0.6) is 0 Å². The van der Waals surface area contributed by atoms with Crippen molar-refractivity contribution in [1.82, 2.24) is 15.2 Å². The zero-order valence-corrected chi connectivity index (χ0v) is 18.0. The van der Waals surface area contributed by atoms with Crippen molar-refractivity contribution in [2.45, 2.75) is 49.9 Å². The van der Waals surface area contributed by atoms with Crippen molar-refractivity contribution in [1.29, 1.82) is 0 Å². The molecule has 3 heterocycles. The summed E-state index contributed by atoms with van der Waals surface area (Å²) in [4.78, 5) is 47.7. The molecule has 158 valence electrons. The quantitative estimate of drug-likeness (QED) is 0.319. The Morgan fingerprint density at radius 1 is 1.48 bits per heavy atom. The molecule has 2 saturated heterocycles. The van der Waals surface area contributed by atoms with E-state index in [9.17, 15) is 19.5 Å². The summed E-state index contributed by atoms with van der Waals surface area (Å²) in [5.41, 5.74) is 5.83. The van der Waals surface area contributed by atoms with E-state index < -0.39 is 40.0 Å². The number of hydrogen-bond acceptors (Lipinski definition) is 9. The normalized spacial score (nSPS) is 25.6. The Bertz CT molecular complexity index is 868. The van der Waals surface area contributed by atoms with Crippen LogP contribution >= 0.6 is 23.1 Å². The van der Waals surface area contributed by atoms with Gasteiger partial charge in [0.05, 0.1) is 0 Å². The van der Waals surface area contributed by atoms with E-state index in [1.54, 1.807) is 19.2 Å². The van der Waals surface area contributed by atoms with Gasteiger partial charge < -0.3 is 25.9 Å². The van der Waals surface area contributed by atoms with Crippen LogP contribution in [0.1, 0.15) is 33.4 Å². The number of aliphatic carboxylic acids is 1. The molecule has 2 fully saturated rings. The van der Waals surface area contributed by atoms with Gasteiger partial charge in [0.2, 0.25) is 5.91 Å². The van der Waals surface area contributed by atoms with Gasteiger partial charge in [0.25, 0.3) is 5.91 Å².